The van der Waals surface area contributed by atoms with Crippen molar-refractivity contribution in [2.45, 2.75) is 0 Å². The number of hydrogen-bond donors (Lipinski definition) is 1. The van der Waals surface area contributed by atoms with Gasteiger partial charge in [0.15, 0.2) is 6.61 Å². The van der Waals surface area contributed by atoms with Gasteiger partial charge in [0.1, 0.15) is 5.75 Å². The second-order valence-electron chi connectivity index (χ2n) is 5.35. The van der Waals surface area contributed by atoms with Crippen LogP contribution in [0.15, 0.2) is 18.2 Å². The molecule has 0 fully saturated rings. The van der Waals surface area contributed by atoms with E-state index >= 15 is 0 Å². The van der Waals surface area contributed by atoms with Crippen LogP contribution in [0.5, 0.6) is 5.75 Å². The minimum absolute atomic E-state index is 0.179. The van der Waals surface area contributed by atoms with Gasteiger partial charge in [-0.2, -0.15) is 5.01 Å². The Morgan fingerprint density at radius 2 is 1.43 bits per heavy atom. The van der Waals surface area contributed by atoms with Gasteiger partial charge in [0.25, 0.3) is 17.7 Å². The molecule has 0 bridgehead atoms. The molecule has 0 saturated carbocycles. The summed E-state index contributed by atoms with van der Waals surface area (Å²) in [6.07, 6.45) is 0. The van der Waals surface area contributed by atoms with Gasteiger partial charge in [0.05, 0.1) is 36.2 Å². The number of halogens is 6. The molecule has 1 heterocycles. The Kier molecular flexibility index (Phi) is 6.20. The van der Waals surface area contributed by atoms with Crippen LogP contribution in [-0.4, -0.2) is 29.3 Å². The largest absolute Gasteiger partial charge is 0.482 e. The lowest BCUT2D eigenvalue weighted by Crippen LogP contribution is -2.47. The maximum Gasteiger partial charge on any atom is 0.282 e. The van der Waals surface area contributed by atoms with Gasteiger partial charge in [0, 0.05) is 5.02 Å². The first-order chi connectivity index (χ1) is 13.1. The van der Waals surface area contributed by atoms with Gasteiger partial charge >= 0.3 is 0 Å². The number of fused-ring (bicyclic) bond motifs is 1. The van der Waals surface area contributed by atoms with Crippen molar-refractivity contribution in [2.75, 3.05) is 6.61 Å². The number of benzene rings is 2. The smallest absolute Gasteiger partial charge is 0.282 e. The summed E-state index contributed by atoms with van der Waals surface area (Å²) in [6.45, 7) is -0.544. The summed E-state index contributed by atoms with van der Waals surface area (Å²) in [7, 11) is 0. The first-order valence-corrected chi connectivity index (χ1v) is 9.52. The van der Waals surface area contributed by atoms with Crippen LogP contribution in [0.4, 0.5) is 0 Å². The second kappa shape index (κ2) is 8.14. The Morgan fingerprint density at radius 1 is 0.893 bits per heavy atom. The van der Waals surface area contributed by atoms with Crippen LogP contribution in [0.1, 0.15) is 20.7 Å². The molecule has 12 heteroatoms. The Labute approximate surface area is 188 Å². The summed E-state index contributed by atoms with van der Waals surface area (Å²) >= 11 is 35.6. The highest BCUT2D eigenvalue weighted by atomic mass is 35.5. The van der Waals surface area contributed by atoms with Crippen LogP contribution in [0.2, 0.25) is 30.1 Å². The van der Waals surface area contributed by atoms with Gasteiger partial charge in [-0.3, -0.25) is 19.8 Å². The van der Waals surface area contributed by atoms with Crippen LogP contribution in [0.25, 0.3) is 0 Å². The number of carbonyl (C=O) groups excluding carboxylic acids is 3. The third kappa shape index (κ3) is 3.73. The number of nitrogens with zero attached hydrogens (tertiary/aromatic N) is 1. The van der Waals surface area contributed by atoms with E-state index in [0.717, 1.165) is 0 Å². The van der Waals surface area contributed by atoms with Gasteiger partial charge in [-0.15, -0.1) is 0 Å². The molecule has 0 aromatic heterocycles. The van der Waals surface area contributed by atoms with Crippen molar-refractivity contribution in [2.24, 2.45) is 0 Å². The molecular formula is C16H6Cl6N2O4. The summed E-state index contributed by atoms with van der Waals surface area (Å²) in [5.74, 6) is -2.45. The van der Waals surface area contributed by atoms with Crippen LogP contribution in [0, 0.1) is 0 Å². The van der Waals surface area contributed by atoms with Crippen molar-refractivity contribution in [1.82, 2.24) is 10.4 Å². The molecule has 1 aliphatic heterocycles. The van der Waals surface area contributed by atoms with Gasteiger partial charge in [-0.25, -0.2) is 0 Å². The number of rotatable bonds is 4. The predicted octanol–water partition coefficient (Wildman–Crippen LogP) is 5.31. The molecule has 0 unspecified atom stereocenters. The molecule has 0 radical (unpaired) electrons. The zero-order valence-corrected chi connectivity index (χ0v) is 17.8. The fourth-order valence-electron chi connectivity index (χ4n) is 2.34. The summed E-state index contributed by atoms with van der Waals surface area (Å²) in [6, 6.07) is 4.41. The average molecular weight is 503 g/mol. The normalized spacial score (nSPS) is 13.0. The zero-order valence-electron chi connectivity index (χ0n) is 13.3. The molecule has 0 aliphatic carbocycles. The summed E-state index contributed by atoms with van der Waals surface area (Å²) in [4.78, 5) is 37.2. The number of hydrogen-bond acceptors (Lipinski definition) is 4. The Morgan fingerprint density at radius 3 is 1.93 bits per heavy atom. The zero-order chi connectivity index (χ0) is 20.7. The van der Waals surface area contributed by atoms with Crippen LogP contribution < -0.4 is 10.2 Å². The van der Waals surface area contributed by atoms with E-state index in [1.807, 2.05) is 0 Å². The number of amides is 3. The van der Waals surface area contributed by atoms with Crippen molar-refractivity contribution >= 4 is 87.3 Å². The Balaban J connectivity index is 1.77. The number of imide groups is 1. The standard InChI is InChI=1S/C16H6Cl6N2O4/c17-5-1-2-7(6(18)3-5)28-4-8(25)23-24-15(26)9-10(16(24)27)12(20)14(22)13(21)11(9)19/h1-3H,4H2,(H,23,25). The third-order valence-electron chi connectivity index (χ3n) is 3.59. The van der Waals surface area contributed by atoms with E-state index in [2.05, 4.69) is 5.43 Å². The van der Waals surface area contributed by atoms with E-state index in [-0.39, 0.29) is 42.0 Å². The lowest BCUT2D eigenvalue weighted by molar-refractivity contribution is -0.126. The van der Waals surface area contributed by atoms with E-state index in [9.17, 15) is 14.4 Å². The first kappa shape index (κ1) is 21.3. The first-order valence-electron chi connectivity index (χ1n) is 7.25. The fraction of sp³-hybridized carbons (Fsp3) is 0.0625. The molecule has 3 rings (SSSR count). The van der Waals surface area contributed by atoms with E-state index in [1.165, 1.54) is 18.2 Å². The third-order valence-corrected chi connectivity index (χ3v) is 5.92. The molecule has 1 N–H and O–H groups in total. The molecule has 6 nitrogen and oxygen atoms in total. The summed E-state index contributed by atoms with van der Waals surface area (Å²) < 4.78 is 5.25. The predicted molar refractivity (Wildman–Crippen MR) is 107 cm³/mol. The van der Waals surface area contributed by atoms with E-state index in [0.29, 0.717) is 10.0 Å². The van der Waals surface area contributed by atoms with Crippen molar-refractivity contribution in [3.05, 3.63) is 59.5 Å². The summed E-state index contributed by atoms with van der Waals surface area (Å²) in [5.41, 5.74) is 1.60. The second-order valence-corrected chi connectivity index (χ2v) is 7.71. The maximum absolute atomic E-state index is 12.5. The van der Waals surface area contributed by atoms with Crippen molar-refractivity contribution < 1.29 is 19.1 Å². The number of hydrazine groups is 1. The number of nitrogens with one attached hydrogen (secondary N) is 1. The topological polar surface area (TPSA) is 75.7 Å². The molecule has 146 valence electrons. The van der Waals surface area contributed by atoms with E-state index < -0.39 is 24.3 Å². The van der Waals surface area contributed by atoms with Gasteiger partial charge in [-0.05, 0) is 18.2 Å². The average Bonchev–Trinajstić information content (AvgIpc) is 2.88. The molecule has 28 heavy (non-hydrogen) atoms. The van der Waals surface area contributed by atoms with Crippen molar-refractivity contribution in [3.8, 4) is 5.75 Å². The fourth-order valence-corrected chi connectivity index (χ4v) is 3.82. The van der Waals surface area contributed by atoms with Gasteiger partial charge in [-0.1, -0.05) is 69.6 Å². The highest BCUT2D eigenvalue weighted by Crippen LogP contribution is 2.44. The van der Waals surface area contributed by atoms with Crippen molar-refractivity contribution in [1.29, 1.82) is 0 Å². The molecule has 2 aromatic carbocycles. The minimum Gasteiger partial charge on any atom is -0.482 e. The molecule has 0 spiro atoms. The molecule has 0 atom stereocenters. The Bertz CT molecular complexity index is 996. The highest BCUT2D eigenvalue weighted by molar-refractivity contribution is 6.55. The molecule has 3 amide bonds. The van der Waals surface area contributed by atoms with Crippen LogP contribution in [0.3, 0.4) is 0 Å². The van der Waals surface area contributed by atoms with Gasteiger partial charge in [0.2, 0.25) is 0 Å². The number of carbonyl (C=O) groups is 3. The van der Waals surface area contributed by atoms with Crippen LogP contribution >= 0.6 is 69.6 Å². The molecule has 1 aliphatic rings. The minimum atomic E-state index is -0.914. The molecule has 0 saturated heterocycles. The van der Waals surface area contributed by atoms with E-state index in [4.69, 9.17) is 74.3 Å². The Hall–Kier alpha value is -1.41. The number of ether oxygens (including phenoxy) is 1. The highest BCUT2D eigenvalue weighted by Gasteiger charge is 2.42. The molecule has 2 aromatic rings. The maximum atomic E-state index is 12.5. The summed E-state index contributed by atoms with van der Waals surface area (Å²) in [5, 5.41) is 0.173. The van der Waals surface area contributed by atoms with Gasteiger partial charge < -0.3 is 4.74 Å². The monoisotopic (exact) mass is 500 g/mol. The molecular weight excluding hydrogens is 497 g/mol. The van der Waals surface area contributed by atoms with E-state index in [1.54, 1.807) is 0 Å². The lowest BCUT2D eigenvalue weighted by Gasteiger charge is -2.15. The quantitative estimate of drug-likeness (QED) is 0.349. The van der Waals surface area contributed by atoms with Crippen molar-refractivity contribution in [3.63, 3.8) is 0 Å². The lowest BCUT2D eigenvalue weighted by atomic mass is 10.1. The SMILES string of the molecule is O=C(COc1ccc(Cl)cc1Cl)NN1C(=O)c2c(Cl)c(Cl)c(Cl)c(Cl)c2C1=O. The van der Waals surface area contributed by atoms with Crippen LogP contribution in [-0.2, 0) is 4.79 Å².